The van der Waals surface area contributed by atoms with Crippen LogP contribution in [0.25, 0.3) is 0 Å². The van der Waals surface area contributed by atoms with Crippen LogP contribution in [0, 0.1) is 0 Å². The number of ether oxygens (including phenoxy) is 2. The third-order valence-corrected chi connectivity index (χ3v) is 8.27. The van der Waals surface area contributed by atoms with Crippen LogP contribution in [0.5, 0.6) is 5.75 Å². The summed E-state index contributed by atoms with van der Waals surface area (Å²) in [6.45, 7) is 0.796. The van der Waals surface area contributed by atoms with Gasteiger partial charge in [0.1, 0.15) is 5.75 Å². The second-order valence-corrected chi connectivity index (χ2v) is 11.8. The summed E-state index contributed by atoms with van der Waals surface area (Å²) in [6.07, 6.45) is 0.117. The first kappa shape index (κ1) is 31.0. The first-order chi connectivity index (χ1) is 20.9. The fraction of sp³-hybridized carbons (Fsp3) is 0.212. The maximum Gasteiger partial charge on any atom is 0.266 e. The monoisotopic (exact) mass is 681 g/mol. The fourth-order valence-corrected chi connectivity index (χ4v) is 5.40. The Balaban J connectivity index is 1.49. The molecule has 3 N–H and O–H groups in total. The Bertz CT molecular complexity index is 1570. The number of nitrogens with one attached hydrogen (secondary N) is 2. The van der Waals surface area contributed by atoms with E-state index in [1.807, 2.05) is 84.9 Å². The number of benzene rings is 4. The van der Waals surface area contributed by atoms with Crippen molar-refractivity contribution in [2.24, 2.45) is 4.99 Å². The van der Waals surface area contributed by atoms with Crippen molar-refractivity contribution in [2.45, 2.75) is 31.0 Å². The summed E-state index contributed by atoms with van der Waals surface area (Å²) in [7, 11) is 0. The zero-order chi connectivity index (χ0) is 30.2. The molecular weight excluding hydrogens is 653 g/mol. The quantitative estimate of drug-likeness (QED) is 0.112. The second kappa shape index (κ2) is 14.4. The lowest BCUT2D eigenvalue weighted by molar-refractivity contribution is -0.130. The Labute approximate surface area is 269 Å². The fourth-order valence-electron chi connectivity index (χ4n) is 4.81. The van der Waals surface area contributed by atoms with E-state index in [1.165, 1.54) is 0 Å². The van der Waals surface area contributed by atoms with Crippen molar-refractivity contribution in [3.63, 3.8) is 0 Å². The van der Waals surface area contributed by atoms with Gasteiger partial charge >= 0.3 is 0 Å². The van der Waals surface area contributed by atoms with E-state index in [0.29, 0.717) is 53.2 Å². The van der Waals surface area contributed by atoms with E-state index in [-0.39, 0.29) is 12.5 Å². The summed E-state index contributed by atoms with van der Waals surface area (Å²) in [5, 5.41) is 9.93. The van der Waals surface area contributed by atoms with Gasteiger partial charge in [-0.3, -0.25) is 10.2 Å². The van der Waals surface area contributed by atoms with E-state index in [9.17, 15) is 4.79 Å². The van der Waals surface area contributed by atoms with E-state index in [0.717, 1.165) is 21.2 Å². The summed E-state index contributed by atoms with van der Waals surface area (Å²) >= 11 is 15.8. The molecule has 0 saturated carbocycles. The molecule has 1 aliphatic heterocycles. The Kier molecular flexibility index (Phi) is 10.4. The molecule has 1 heterocycles. The largest absolute Gasteiger partial charge is 0.494 e. The van der Waals surface area contributed by atoms with Crippen molar-refractivity contribution in [1.82, 2.24) is 10.9 Å². The number of carbonyl (C=O) groups excluding carboxylic acids is 1. The number of aliphatic hydroxyl groups excluding tert-OH is 1. The molecule has 10 heteroatoms. The van der Waals surface area contributed by atoms with E-state index in [2.05, 4.69) is 26.8 Å². The molecule has 43 heavy (non-hydrogen) atoms. The van der Waals surface area contributed by atoms with Crippen molar-refractivity contribution in [1.29, 1.82) is 0 Å². The molecule has 0 bridgehead atoms. The molecular formula is C33H30BrCl2N3O4. The van der Waals surface area contributed by atoms with E-state index < -0.39 is 11.6 Å². The highest BCUT2D eigenvalue weighted by Crippen LogP contribution is 2.42. The van der Waals surface area contributed by atoms with Gasteiger partial charge in [0.25, 0.3) is 5.91 Å². The molecule has 2 atom stereocenters. The molecule has 1 aliphatic rings. The first-order valence-electron chi connectivity index (χ1n) is 13.8. The van der Waals surface area contributed by atoms with Crippen LogP contribution < -0.4 is 15.6 Å². The Morgan fingerprint density at radius 3 is 2.40 bits per heavy atom. The van der Waals surface area contributed by atoms with Crippen molar-refractivity contribution < 1.29 is 19.4 Å². The molecule has 0 fully saturated rings. The number of aliphatic hydroxyl groups is 1. The Morgan fingerprint density at radius 2 is 1.70 bits per heavy atom. The smallest absolute Gasteiger partial charge is 0.266 e. The Morgan fingerprint density at radius 1 is 0.953 bits per heavy atom. The zero-order valence-electron chi connectivity index (χ0n) is 23.1. The summed E-state index contributed by atoms with van der Waals surface area (Å²) in [5.74, 6) is 0.675. The lowest BCUT2D eigenvalue weighted by atomic mass is 9.82. The van der Waals surface area contributed by atoms with Gasteiger partial charge in [-0.25, -0.2) is 10.4 Å². The van der Waals surface area contributed by atoms with Crippen LogP contribution in [0.2, 0.25) is 10.0 Å². The molecule has 5 rings (SSSR count). The molecule has 0 spiro atoms. The van der Waals surface area contributed by atoms with Crippen molar-refractivity contribution >= 4 is 50.9 Å². The minimum absolute atomic E-state index is 0.0635. The summed E-state index contributed by atoms with van der Waals surface area (Å²) in [4.78, 5) is 19.3. The highest BCUT2D eigenvalue weighted by atomic mass is 79.9. The van der Waals surface area contributed by atoms with E-state index >= 15 is 0 Å². The number of hydrazine groups is 1. The maximum absolute atomic E-state index is 14.3. The van der Waals surface area contributed by atoms with Crippen LogP contribution in [0.1, 0.15) is 34.8 Å². The van der Waals surface area contributed by atoms with Crippen LogP contribution in [0.15, 0.2) is 107 Å². The molecule has 1 amide bonds. The number of carbonyl (C=O) groups is 1. The summed E-state index contributed by atoms with van der Waals surface area (Å²) < 4.78 is 13.2. The van der Waals surface area contributed by atoms with Crippen LogP contribution in [0.3, 0.4) is 0 Å². The van der Waals surface area contributed by atoms with E-state index in [1.54, 1.807) is 12.1 Å². The van der Waals surface area contributed by atoms with Gasteiger partial charge in [0.2, 0.25) is 5.90 Å². The molecule has 4 aromatic carbocycles. The van der Waals surface area contributed by atoms with Gasteiger partial charge in [0.15, 0.2) is 11.6 Å². The van der Waals surface area contributed by atoms with Crippen molar-refractivity contribution in [3.05, 3.63) is 134 Å². The molecule has 0 aliphatic carbocycles. The standard InChI is InChI=1S/C33H30BrCl2N3O4/c34-26-12-8-24(9-13-26)30-33(20-22-5-2-1-3-6-22,32(41)39-37-21-23-7-16-28(35)29(36)19-23)38-31(43-30)25-10-14-27(15-11-25)42-18-4-17-40/h1-3,5-16,19,30,37,40H,4,17-18,20-21H2,(H,39,41)/t30-,33-/m0/s1. The van der Waals surface area contributed by atoms with Gasteiger partial charge in [-0.2, -0.15) is 0 Å². The second-order valence-electron chi connectivity index (χ2n) is 10.1. The predicted molar refractivity (Wildman–Crippen MR) is 172 cm³/mol. The number of hydrogen-bond donors (Lipinski definition) is 3. The number of rotatable bonds is 12. The average molecular weight is 683 g/mol. The number of nitrogens with zero attached hydrogens (tertiary/aromatic N) is 1. The lowest BCUT2D eigenvalue weighted by Gasteiger charge is -2.31. The molecule has 222 valence electrons. The molecule has 0 unspecified atom stereocenters. The topological polar surface area (TPSA) is 92.2 Å². The number of hydrogen-bond acceptors (Lipinski definition) is 6. The van der Waals surface area contributed by atoms with Gasteiger partial charge in [-0.05, 0) is 65.2 Å². The average Bonchev–Trinajstić information content (AvgIpc) is 3.40. The van der Waals surface area contributed by atoms with Crippen molar-refractivity contribution in [2.75, 3.05) is 13.2 Å². The van der Waals surface area contributed by atoms with Crippen LogP contribution in [-0.2, 0) is 22.5 Å². The van der Waals surface area contributed by atoms with Gasteiger partial charge in [-0.15, -0.1) is 0 Å². The lowest BCUT2D eigenvalue weighted by Crippen LogP contribution is -2.53. The Hall–Kier alpha value is -3.40. The minimum Gasteiger partial charge on any atom is -0.494 e. The van der Waals surface area contributed by atoms with Gasteiger partial charge in [0, 0.05) is 36.0 Å². The van der Waals surface area contributed by atoms with Crippen LogP contribution in [0.4, 0.5) is 0 Å². The van der Waals surface area contributed by atoms with Gasteiger partial charge in [-0.1, -0.05) is 87.7 Å². The SMILES string of the molecule is O=C(NNCc1ccc(Cl)c(Cl)c1)[C@@]1(Cc2ccccc2)N=C(c2ccc(OCCCO)cc2)O[C@H]1c1ccc(Br)cc1. The number of halogens is 3. The third-order valence-electron chi connectivity index (χ3n) is 7.00. The zero-order valence-corrected chi connectivity index (χ0v) is 26.2. The molecule has 4 aromatic rings. The number of aliphatic imine (C=N–C) groups is 1. The number of amides is 1. The molecule has 7 nitrogen and oxygen atoms in total. The molecule has 0 saturated heterocycles. The van der Waals surface area contributed by atoms with Crippen molar-refractivity contribution in [3.8, 4) is 5.75 Å². The summed E-state index contributed by atoms with van der Waals surface area (Å²) in [6, 6.07) is 30.1. The first-order valence-corrected chi connectivity index (χ1v) is 15.3. The van der Waals surface area contributed by atoms with Gasteiger partial charge < -0.3 is 14.6 Å². The third kappa shape index (κ3) is 7.58. The maximum atomic E-state index is 14.3. The minimum atomic E-state index is -1.34. The molecule has 0 aromatic heterocycles. The highest BCUT2D eigenvalue weighted by molar-refractivity contribution is 9.10. The van der Waals surface area contributed by atoms with Gasteiger partial charge in [0.05, 0.1) is 16.7 Å². The van der Waals surface area contributed by atoms with Crippen LogP contribution >= 0.6 is 39.1 Å². The van der Waals surface area contributed by atoms with Crippen LogP contribution in [-0.4, -0.2) is 35.7 Å². The normalized spacial score (nSPS) is 17.7. The highest BCUT2D eigenvalue weighted by Gasteiger charge is 2.53. The van der Waals surface area contributed by atoms with E-state index in [4.69, 9.17) is 42.8 Å². The predicted octanol–water partition coefficient (Wildman–Crippen LogP) is 6.84. The molecule has 0 radical (unpaired) electrons. The summed E-state index contributed by atoms with van der Waals surface area (Å²) in [5.41, 5.74) is 7.89.